The Bertz CT molecular complexity index is 436. The van der Waals surface area contributed by atoms with Crippen LogP contribution in [-0.2, 0) is 4.74 Å². The van der Waals surface area contributed by atoms with Gasteiger partial charge in [0.05, 0.1) is 11.1 Å². The average Bonchev–Trinajstić information content (AvgIpc) is 3.08. The maximum Gasteiger partial charge on any atom is 0.142 e. The molecule has 2 fully saturated rings. The molecule has 1 saturated heterocycles. The summed E-state index contributed by atoms with van der Waals surface area (Å²) in [6.07, 6.45) is 3.61. The topological polar surface area (TPSA) is 21.3 Å². The number of benzene rings is 1. The number of hydrogen-bond donors (Lipinski definition) is 1. The number of hydrogen-bond acceptors (Lipinski definition) is 2. The van der Waals surface area contributed by atoms with Gasteiger partial charge in [0, 0.05) is 25.1 Å². The fourth-order valence-corrected chi connectivity index (χ4v) is 2.62. The van der Waals surface area contributed by atoms with Crippen LogP contribution >= 0.6 is 11.6 Å². The van der Waals surface area contributed by atoms with Gasteiger partial charge in [0.1, 0.15) is 5.82 Å². The Morgan fingerprint density at radius 3 is 2.89 bits per heavy atom. The third kappa shape index (κ3) is 2.68. The van der Waals surface area contributed by atoms with Crippen molar-refractivity contribution in [2.24, 2.45) is 5.92 Å². The molecule has 1 saturated carbocycles. The number of halogens is 2. The van der Waals surface area contributed by atoms with E-state index in [1.807, 2.05) is 6.07 Å². The first-order valence-corrected chi connectivity index (χ1v) is 6.92. The molecule has 0 spiro atoms. The standard InChI is InChI=1S/C14H17ClFNO/c15-12-4-1-9(7-13(12)16)14-10(5-6-18-14)8-17-11-2-3-11/h1,4,7,10-11,14,17H,2-3,5-6,8H2. The van der Waals surface area contributed by atoms with Crippen molar-refractivity contribution in [2.75, 3.05) is 13.2 Å². The lowest BCUT2D eigenvalue weighted by Crippen LogP contribution is -2.26. The summed E-state index contributed by atoms with van der Waals surface area (Å²) < 4.78 is 19.2. The average molecular weight is 270 g/mol. The molecule has 18 heavy (non-hydrogen) atoms. The van der Waals surface area contributed by atoms with E-state index in [4.69, 9.17) is 16.3 Å². The first kappa shape index (κ1) is 12.4. The minimum Gasteiger partial charge on any atom is -0.373 e. The summed E-state index contributed by atoms with van der Waals surface area (Å²) in [4.78, 5) is 0. The Morgan fingerprint density at radius 2 is 2.17 bits per heavy atom. The highest BCUT2D eigenvalue weighted by Crippen LogP contribution is 2.35. The molecule has 0 radical (unpaired) electrons. The molecule has 0 amide bonds. The maximum absolute atomic E-state index is 13.5. The van der Waals surface area contributed by atoms with Gasteiger partial charge >= 0.3 is 0 Å². The van der Waals surface area contributed by atoms with Crippen molar-refractivity contribution in [3.63, 3.8) is 0 Å². The molecule has 2 nitrogen and oxygen atoms in total. The highest BCUT2D eigenvalue weighted by Gasteiger charge is 2.31. The summed E-state index contributed by atoms with van der Waals surface area (Å²) in [5.41, 5.74) is 0.900. The van der Waals surface area contributed by atoms with Gasteiger partial charge < -0.3 is 10.1 Å². The predicted octanol–water partition coefficient (Wildman–Crippen LogP) is 3.31. The summed E-state index contributed by atoms with van der Waals surface area (Å²) in [6, 6.07) is 5.68. The molecule has 1 aromatic rings. The van der Waals surface area contributed by atoms with Crippen LogP contribution in [0.3, 0.4) is 0 Å². The van der Waals surface area contributed by atoms with Gasteiger partial charge in [-0.05, 0) is 37.0 Å². The Kier molecular flexibility index (Phi) is 3.55. The Balaban J connectivity index is 1.70. The van der Waals surface area contributed by atoms with Gasteiger partial charge in [-0.15, -0.1) is 0 Å². The van der Waals surface area contributed by atoms with Crippen molar-refractivity contribution >= 4 is 11.6 Å². The molecule has 0 aromatic heterocycles. The molecule has 2 aliphatic rings. The van der Waals surface area contributed by atoms with Gasteiger partial charge in [-0.25, -0.2) is 4.39 Å². The molecule has 1 N–H and O–H groups in total. The first-order valence-electron chi connectivity index (χ1n) is 6.54. The third-order valence-electron chi connectivity index (χ3n) is 3.73. The van der Waals surface area contributed by atoms with E-state index in [9.17, 15) is 4.39 Å². The number of rotatable bonds is 4. The Labute approximate surface area is 111 Å². The quantitative estimate of drug-likeness (QED) is 0.906. The van der Waals surface area contributed by atoms with Gasteiger partial charge in [-0.1, -0.05) is 17.7 Å². The van der Waals surface area contributed by atoms with Crippen LogP contribution in [0.1, 0.15) is 30.9 Å². The van der Waals surface area contributed by atoms with Crippen LogP contribution in [0.5, 0.6) is 0 Å². The fourth-order valence-electron chi connectivity index (χ4n) is 2.51. The molecule has 1 aliphatic heterocycles. The van der Waals surface area contributed by atoms with Crippen LogP contribution in [0.15, 0.2) is 18.2 Å². The third-order valence-corrected chi connectivity index (χ3v) is 4.04. The molecule has 1 aliphatic carbocycles. The minimum absolute atomic E-state index is 0.00279. The highest BCUT2D eigenvalue weighted by atomic mass is 35.5. The summed E-state index contributed by atoms with van der Waals surface area (Å²) in [6.45, 7) is 1.71. The zero-order valence-corrected chi connectivity index (χ0v) is 10.9. The van der Waals surface area contributed by atoms with E-state index < -0.39 is 0 Å². The summed E-state index contributed by atoms with van der Waals surface area (Å²) in [5, 5.41) is 3.70. The van der Waals surface area contributed by atoms with Crippen LogP contribution in [-0.4, -0.2) is 19.2 Å². The second-order valence-corrected chi connectivity index (χ2v) is 5.60. The van der Waals surface area contributed by atoms with E-state index in [-0.39, 0.29) is 16.9 Å². The van der Waals surface area contributed by atoms with E-state index in [0.717, 1.165) is 25.1 Å². The number of ether oxygens (including phenoxy) is 1. The normalized spacial score (nSPS) is 27.7. The zero-order chi connectivity index (χ0) is 12.5. The van der Waals surface area contributed by atoms with Crippen molar-refractivity contribution in [3.05, 3.63) is 34.6 Å². The lowest BCUT2D eigenvalue weighted by molar-refractivity contribution is 0.0902. The van der Waals surface area contributed by atoms with Gasteiger partial charge in [-0.3, -0.25) is 0 Å². The summed E-state index contributed by atoms with van der Waals surface area (Å²) in [5.74, 6) is 0.0738. The van der Waals surface area contributed by atoms with Crippen molar-refractivity contribution < 1.29 is 9.13 Å². The lowest BCUT2D eigenvalue weighted by atomic mass is 9.95. The van der Waals surface area contributed by atoms with Gasteiger partial charge in [0.15, 0.2) is 0 Å². The van der Waals surface area contributed by atoms with Gasteiger partial charge in [0.2, 0.25) is 0 Å². The first-order chi connectivity index (χ1) is 8.74. The molecular weight excluding hydrogens is 253 g/mol. The summed E-state index contributed by atoms with van der Waals surface area (Å²) >= 11 is 5.71. The Hall–Kier alpha value is -0.640. The maximum atomic E-state index is 13.5. The van der Waals surface area contributed by atoms with Crippen LogP contribution < -0.4 is 5.32 Å². The second-order valence-electron chi connectivity index (χ2n) is 5.20. The van der Waals surface area contributed by atoms with E-state index >= 15 is 0 Å². The van der Waals surface area contributed by atoms with Crippen LogP contribution in [0.25, 0.3) is 0 Å². The smallest absolute Gasteiger partial charge is 0.142 e. The summed E-state index contributed by atoms with van der Waals surface area (Å²) in [7, 11) is 0. The van der Waals surface area contributed by atoms with E-state index in [1.165, 1.54) is 18.9 Å². The minimum atomic E-state index is -0.362. The van der Waals surface area contributed by atoms with E-state index in [0.29, 0.717) is 12.0 Å². The molecule has 0 bridgehead atoms. The van der Waals surface area contributed by atoms with Crippen LogP contribution in [0.2, 0.25) is 5.02 Å². The van der Waals surface area contributed by atoms with E-state index in [1.54, 1.807) is 6.07 Å². The van der Waals surface area contributed by atoms with Crippen LogP contribution in [0, 0.1) is 11.7 Å². The van der Waals surface area contributed by atoms with Crippen molar-refractivity contribution in [1.29, 1.82) is 0 Å². The molecule has 4 heteroatoms. The molecule has 2 unspecified atom stereocenters. The monoisotopic (exact) mass is 269 g/mol. The van der Waals surface area contributed by atoms with Crippen molar-refractivity contribution in [2.45, 2.75) is 31.4 Å². The molecule has 98 valence electrons. The Morgan fingerprint density at radius 1 is 1.33 bits per heavy atom. The molecule has 3 rings (SSSR count). The largest absolute Gasteiger partial charge is 0.373 e. The van der Waals surface area contributed by atoms with Gasteiger partial charge in [0.25, 0.3) is 0 Å². The molecule has 2 atom stereocenters. The van der Waals surface area contributed by atoms with Crippen molar-refractivity contribution in [1.82, 2.24) is 5.32 Å². The van der Waals surface area contributed by atoms with E-state index in [2.05, 4.69) is 5.32 Å². The molecule has 1 aromatic carbocycles. The van der Waals surface area contributed by atoms with Crippen LogP contribution in [0.4, 0.5) is 4.39 Å². The highest BCUT2D eigenvalue weighted by molar-refractivity contribution is 6.30. The van der Waals surface area contributed by atoms with Crippen molar-refractivity contribution in [3.8, 4) is 0 Å². The second kappa shape index (κ2) is 5.16. The van der Waals surface area contributed by atoms with Gasteiger partial charge in [-0.2, -0.15) is 0 Å². The SMILES string of the molecule is Fc1cc(C2OCCC2CNC2CC2)ccc1Cl. The number of nitrogens with one attached hydrogen (secondary N) is 1. The predicted molar refractivity (Wildman–Crippen MR) is 69.2 cm³/mol. The lowest BCUT2D eigenvalue weighted by Gasteiger charge is -2.19. The zero-order valence-electron chi connectivity index (χ0n) is 10.2. The molecule has 1 heterocycles. The fraction of sp³-hybridized carbons (Fsp3) is 0.571. The molecular formula is C14H17ClFNO.